The molecule has 1 fully saturated rings. The first-order valence-electron chi connectivity index (χ1n) is 8.19. The number of aromatic nitrogens is 2. The molecule has 1 aliphatic rings. The molecular weight excluding hydrogens is 308 g/mol. The number of carbonyl (C=O) groups excluding carboxylic acids is 1. The van der Waals surface area contributed by atoms with Gasteiger partial charge in [0.1, 0.15) is 0 Å². The minimum Gasteiger partial charge on any atom is -0.449 e. The number of rotatable bonds is 4. The predicted molar refractivity (Wildman–Crippen MR) is 89.7 cm³/mol. The molecule has 1 aliphatic heterocycles. The third kappa shape index (κ3) is 3.84. The molecule has 7 heteroatoms. The molecule has 1 amide bonds. The predicted octanol–water partition coefficient (Wildman–Crippen LogP) is 2.65. The van der Waals surface area contributed by atoms with Crippen molar-refractivity contribution in [2.45, 2.75) is 13.8 Å². The smallest absolute Gasteiger partial charge is 0.409 e. The zero-order valence-corrected chi connectivity index (χ0v) is 14.0. The molecule has 2 heterocycles. The van der Waals surface area contributed by atoms with E-state index in [1.165, 1.54) is 0 Å². The average Bonchev–Trinajstić information content (AvgIpc) is 3.10. The van der Waals surface area contributed by atoms with Crippen molar-refractivity contribution in [2.75, 3.05) is 37.7 Å². The van der Waals surface area contributed by atoms with E-state index in [2.05, 4.69) is 10.1 Å². The number of hydrogen-bond donors (Lipinski definition) is 0. The van der Waals surface area contributed by atoms with Gasteiger partial charge in [0.15, 0.2) is 0 Å². The fourth-order valence-electron chi connectivity index (χ4n) is 2.46. The Bertz CT molecular complexity index is 663. The highest BCUT2D eigenvalue weighted by Crippen LogP contribution is 2.20. The summed E-state index contributed by atoms with van der Waals surface area (Å²) in [7, 11) is 0. The van der Waals surface area contributed by atoms with Gasteiger partial charge in [0.05, 0.1) is 6.61 Å². The Kier molecular flexibility index (Phi) is 4.98. The van der Waals surface area contributed by atoms with E-state index in [-0.39, 0.29) is 6.09 Å². The number of nitrogens with zero attached hydrogens (tertiary/aromatic N) is 4. The Balaban J connectivity index is 1.55. The van der Waals surface area contributed by atoms with E-state index in [1.54, 1.807) is 4.90 Å². The summed E-state index contributed by atoms with van der Waals surface area (Å²) >= 11 is 0. The van der Waals surface area contributed by atoms with E-state index in [1.807, 2.05) is 49.1 Å². The molecule has 2 aromatic rings. The van der Waals surface area contributed by atoms with Gasteiger partial charge in [0.2, 0.25) is 0 Å². The number of carbonyl (C=O) groups is 1. The molecule has 0 atom stereocenters. The number of anilines is 1. The quantitative estimate of drug-likeness (QED) is 0.858. The lowest BCUT2D eigenvalue weighted by Gasteiger charge is -2.33. The average molecular weight is 330 g/mol. The van der Waals surface area contributed by atoms with Crippen LogP contribution in [-0.2, 0) is 4.74 Å². The Morgan fingerprint density at radius 2 is 1.92 bits per heavy atom. The van der Waals surface area contributed by atoms with Gasteiger partial charge in [-0.1, -0.05) is 32.0 Å². The van der Waals surface area contributed by atoms with Gasteiger partial charge in [-0.05, 0) is 23.2 Å². The van der Waals surface area contributed by atoms with Crippen LogP contribution in [0.5, 0.6) is 0 Å². The van der Waals surface area contributed by atoms with Gasteiger partial charge in [-0.3, -0.25) is 0 Å². The summed E-state index contributed by atoms with van der Waals surface area (Å²) in [6.07, 6.45) is -0.249. The molecule has 0 unspecified atom stereocenters. The summed E-state index contributed by atoms with van der Waals surface area (Å²) in [5.41, 5.74) is 0.896. The number of amides is 1. The zero-order chi connectivity index (χ0) is 16.9. The van der Waals surface area contributed by atoms with Crippen molar-refractivity contribution in [3.63, 3.8) is 0 Å². The molecule has 1 saturated heterocycles. The molecule has 24 heavy (non-hydrogen) atoms. The topological polar surface area (TPSA) is 71.7 Å². The SMILES string of the molecule is CC(C)COC(=O)N1CCN(c2noc(-c3ccccc3)n2)CC1. The van der Waals surface area contributed by atoms with Crippen molar-refractivity contribution in [3.05, 3.63) is 30.3 Å². The minimum absolute atomic E-state index is 0.249. The molecule has 0 bridgehead atoms. The van der Waals surface area contributed by atoms with E-state index in [4.69, 9.17) is 9.26 Å². The second-order valence-electron chi connectivity index (χ2n) is 6.21. The lowest BCUT2D eigenvalue weighted by molar-refractivity contribution is 0.0900. The van der Waals surface area contributed by atoms with Crippen molar-refractivity contribution >= 4 is 12.0 Å². The fourth-order valence-corrected chi connectivity index (χ4v) is 2.46. The summed E-state index contributed by atoms with van der Waals surface area (Å²) in [5.74, 6) is 1.40. The van der Waals surface area contributed by atoms with Crippen molar-refractivity contribution in [2.24, 2.45) is 5.92 Å². The Labute approximate surface area is 141 Å². The van der Waals surface area contributed by atoms with E-state index < -0.39 is 0 Å². The van der Waals surface area contributed by atoms with Crippen LogP contribution in [0, 0.1) is 5.92 Å². The number of ether oxygens (including phenoxy) is 1. The zero-order valence-electron chi connectivity index (χ0n) is 14.0. The van der Waals surface area contributed by atoms with Crippen LogP contribution >= 0.6 is 0 Å². The summed E-state index contributed by atoms with van der Waals surface area (Å²) in [6.45, 7) is 6.98. The highest BCUT2D eigenvalue weighted by molar-refractivity contribution is 5.68. The first kappa shape index (κ1) is 16.3. The monoisotopic (exact) mass is 330 g/mol. The Morgan fingerprint density at radius 3 is 2.58 bits per heavy atom. The largest absolute Gasteiger partial charge is 0.449 e. The van der Waals surface area contributed by atoms with Crippen LogP contribution in [0.1, 0.15) is 13.8 Å². The molecular formula is C17H22N4O3. The maximum Gasteiger partial charge on any atom is 0.409 e. The highest BCUT2D eigenvalue weighted by Gasteiger charge is 2.25. The second kappa shape index (κ2) is 7.33. The first-order chi connectivity index (χ1) is 11.6. The molecule has 0 aliphatic carbocycles. The van der Waals surface area contributed by atoms with Gasteiger partial charge in [0, 0.05) is 31.7 Å². The normalized spacial score (nSPS) is 15.0. The second-order valence-corrected chi connectivity index (χ2v) is 6.21. The van der Waals surface area contributed by atoms with E-state index in [0.29, 0.717) is 50.5 Å². The van der Waals surface area contributed by atoms with Crippen LogP contribution in [0.4, 0.5) is 10.7 Å². The summed E-state index contributed by atoms with van der Waals surface area (Å²) in [4.78, 5) is 20.2. The maximum atomic E-state index is 12.0. The van der Waals surface area contributed by atoms with E-state index in [9.17, 15) is 4.79 Å². The summed E-state index contributed by atoms with van der Waals surface area (Å²) in [6, 6.07) is 9.67. The van der Waals surface area contributed by atoms with Crippen LogP contribution in [0.15, 0.2) is 34.9 Å². The molecule has 128 valence electrons. The maximum absolute atomic E-state index is 12.0. The molecule has 0 radical (unpaired) electrons. The van der Waals surface area contributed by atoms with Crippen LogP contribution < -0.4 is 4.90 Å². The van der Waals surface area contributed by atoms with Gasteiger partial charge in [-0.2, -0.15) is 4.98 Å². The third-order valence-corrected chi connectivity index (χ3v) is 3.80. The number of benzene rings is 1. The molecule has 1 aromatic heterocycles. The Morgan fingerprint density at radius 1 is 1.21 bits per heavy atom. The molecule has 7 nitrogen and oxygen atoms in total. The lowest BCUT2D eigenvalue weighted by Crippen LogP contribution is -2.49. The fraction of sp³-hybridized carbons (Fsp3) is 0.471. The van der Waals surface area contributed by atoms with Gasteiger partial charge in [-0.25, -0.2) is 4.79 Å². The van der Waals surface area contributed by atoms with Crippen LogP contribution in [0.3, 0.4) is 0 Å². The van der Waals surface area contributed by atoms with Crippen molar-refractivity contribution in [1.82, 2.24) is 15.0 Å². The van der Waals surface area contributed by atoms with Gasteiger partial charge in [-0.15, -0.1) is 0 Å². The summed E-state index contributed by atoms with van der Waals surface area (Å²) < 4.78 is 10.6. The van der Waals surface area contributed by atoms with Gasteiger partial charge < -0.3 is 19.1 Å². The first-order valence-corrected chi connectivity index (χ1v) is 8.19. The van der Waals surface area contributed by atoms with E-state index >= 15 is 0 Å². The van der Waals surface area contributed by atoms with Crippen molar-refractivity contribution in [3.8, 4) is 11.5 Å². The van der Waals surface area contributed by atoms with Gasteiger partial charge in [0.25, 0.3) is 11.8 Å². The highest BCUT2D eigenvalue weighted by atomic mass is 16.6. The van der Waals surface area contributed by atoms with Crippen LogP contribution in [-0.4, -0.2) is 53.9 Å². The Hall–Kier alpha value is -2.57. The minimum atomic E-state index is -0.249. The molecule has 0 spiro atoms. The van der Waals surface area contributed by atoms with Gasteiger partial charge >= 0.3 is 6.09 Å². The van der Waals surface area contributed by atoms with Crippen molar-refractivity contribution < 1.29 is 14.1 Å². The lowest BCUT2D eigenvalue weighted by atomic mass is 10.2. The number of piperazine rings is 1. The molecule has 0 saturated carbocycles. The molecule has 0 N–H and O–H groups in total. The standard InChI is InChI=1S/C17H22N4O3/c1-13(2)12-23-17(22)21-10-8-20(9-11-21)16-18-15(24-19-16)14-6-4-3-5-7-14/h3-7,13H,8-12H2,1-2H3. The van der Waals surface area contributed by atoms with E-state index in [0.717, 1.165) is 5.56 Å². The van der Waals surface area contributed by atoms with Crippen LogP contribution in [0.25, 0.3) is 11.5 Å². The summed E-state index contributed by atoms with van der Waals surface area (Å²) in [5, 5.41) is 4.05. The van der Waals surface area contributed by atoms with Crippen LogP contribution in [0.2, 0.25) is 0 Å². The molecule has 3 rings (SSSR count). The van der Waals surface area contributed by atoms with Crippen molar-refractivity contribution in [1.29, 1.82) is 0 Å². The molecule has 1 aromatic carbocycles. The third-order valence-electron chi connectivity index (χ3n) is 3.80. The number of hydrogen-bond acceptors (Lipinski definition) is 6.